The molecule has 0 atom stereocenters. The summed E-state index contributed by atoms with van der Waals surface area (Å²) in [6.07, 6.45) is 0. The lowest BCUT2D eigenvalue weighted by molar-refractivity contribution is 0.794. The summed E-state index contributed by atoms with van der Waals surface area (Å²) in [4.78, 5) is 15.7. The Labute approximate surface area is 295 Å². The van der Waals surface area contributed by atoms with Crippen LogP contribution in [0.1, 0.15) is 22.3 Å². The highest BCUT2D eigenvalue weighted by Gasteiger charge is 2.51. The fraction of sp³-hybridized carbons (Fsp3) is 0.0208. The van der Waals surface area contributed by atoms with Gasteiger partial charge in [0.2, 0.25) is 0 Å². The minimum absolute atomic E-state index is 0.390. The Morgan fingerprint density at radius 1 is 0.294 bits per heavy atom. The van der Waals surface area contributed by atoms with E-state index in [1.807, 2.05) is 0 Å². The molecule has 0 bridgehead atoms. The zero-order valence-corrected chi connectivity index (χ0v) is 27.6. The highest BCUT2D eigenvalue weighted by molar-refractivity contribution is 5.99. The van der Waals surface area contributed by atoms with Gasteiger partial charge < -0.3 is 0 Å². The first-order valence-electron chi connectivity index (χ1n) is 17.5. The van der Waals surface area contributed by atoms with Crippen molar-refractivity contribution in [1.82, 2.24) is 15.0 Å². The van der Waals surface area contributed by atoms with Crippen LogP contribution in [0.5, 0.6) is 0 Å². The van der Waals surface area contributed by atoms with Crippen LogP contribution in [0.3, 0.4) is 0 Å². The normalized spacial score (nSPS) is 13.3. The SMILES string of the molecule is c1ccc2c(c1)-c1ccccc1C21c2ccccc2-c2cc(-c3nc(-c4cccc5ccccc45)nc(-c4cccc5ccccc45)n3)ccc21. The molecule has 0 amide bonds. The predicted octanol–water partition coefficient (Wildman–Crippen LogP) is 11.5. The molecule has 0 N–H and O–H groups in total. The quantitative estimate of drug-likeness (QED) is 0.192. The van der Waals surface area contributed by atoms with Crippen LogP contribution in [0.25, 0.3) is 78.0 Å². The average molecular weight is 648 g/mol. The van der Waals surface area contributed by atoms with Gasteiger partial charge in [-0.1, -0.05) is 170 Å². The van der Waals surface area contributed by atoms with E-state index in [2.05, 4.69) is 176 Å². The van der Waals surface area contributed by atoms with Gasteiger partial charge in [-0.25, -0.2) is 15.0 Å². The first-order valence-corrected chi connectivity index (χ1v) is 17.5. The summed E-state index contributed by atoms with van der Waals surface area (Å²) >= 11 is 0. The zero-order chi connectivity index (χ0) is 33.5. The van der Waals surface area contributed by atoms with Crippen LogP contribution >= 0.6 is 0 Å². The fourth-order valence-electron chi connectivity index (χ4n) is 8.83. The molecule has 1 heterocycles. The van der Waals surface area contributed by atoms with Crippen LogP contribution in [0.2, 0.25) is 0 Å². The van der Waals surface area contributed by atoms with Crippen molar-refractivity contribution < 1.29 is 0 Å². The molecule has 0 unspecified atom stereocenters. The van der Waals surface area contributed by atoms with Gasteiger partial charge in [-0.2, -0.15) is 0 Å². The van der Waals surface area contributed by atoms with Crippen LogP contribution in [0, 0.1) is 0 Å². The van der Waals surface area contributed by atoms with Crippen molar-refractivity contribution in [2.75, 3.05) is 0 Å². The maximum Gasteiger partial charge on any atom is 0.164 e. The van der Waals surface area contributed by atoms with E-state index in [0.717, 1.165) is 38.2 Å². The minimum atomic E-state index is -0.390. The highest BCUT2D eigenvalue weighted by Crippen LogP contribution is 2.62. The lowest BCUT2D eigenvalue weighted by Crippen LogP contribution is -2.25. The molecule has 0 saturated heterocycles. The van der Waals surface area contributed by atoms with Gasteiger partial charge in [-0.05, 0) is 72.1 Å². The summed E-state index contributed by atoms with van der Waals surface area (Å²) in [5.74, 6) is 1.98. The second kappa shape index (κ2) is 10.6. The molecule has 1 aromatic heterocycles. The summed E-state index contributed by atoms with van der Waals surface area (Å²) in [5, 5.41) is 4.54. The van der Waals surface area contributed by atoms with E-state index >= 15 is 0 Å². The van der Waals surface area contributed by atoms with Crippen molar-refractivity contribution in [2.24, 2.45) is 0 Å². The summed E-state index contributed by atoms with van der Waals surface area (Å²) in [7, 11) is 0. The molecule has 1 spiro atoms. The van der Waals surface area contributed by atoms with Crippen molar-refractivity contribution in [2.45, 2.75) is 5.41 Å². The van der Waals surface area contributed by atoms with E-state index in [1.54, 1.807) is 0 Å². The Kier molecular flexibility index (Phi) is 5.88. The van der Waals surface area contributed by atoms with Crippen LogP contribution in [-0.2, 0) is 5.41 Å². The van der Waals surface area contributed by atoms with Crippen molar-refractivity contribution in [1.29, 1.82) is 0 Å². The number of rotatable bonds is 3. The zero-order valence-electron chi connectivity index (χ0n) is 27.6. The molecule has 2 aliphatic carbocycles. The number of nitrogens with zero attached hydrogens (tertiary/aromatic N) is 3. The lowest BCUT2D eigenvalue weighted by atomic mass is 9.70. The van der Waals surface area contributed by atoms with Gasteiger partial charge in [0.25, 0.3) is 0 Å². The second-order valence-corrected chi connectivity index (χ2v) is 13.5. The van der Waals surface area contributed by atoms with Gasteiger partial charge in [0.05, 0.1) is 5.41 Å². The standard InChI is InChI=1S/C48H29N3/c1-3-17-33-30(13-1)15-11-22-38(33)46-49-45(50-47(51-46)39-23-12-16-31-14-2-4-18-34(31)39)32-27-28-44-40(29-32)37-21-7-10-26-43(37)48(44)41-24-8-5-19-35(41)36-20-6-9-25-42(36)48/h1-29H. The van der Waals surface area contributed by atoms with Gasteiger partial charge in [0, 0.05) is 16.7 Å². The molecule has 0 aliphatic heterocycles. The smallest absolute Gasteiger partial charge is 0.164 e. The summed E-state index contributed by atoms with van der Waals surface area (Å²) < 4.78 is 0. The monoisotopic (exact) mass is 647 g/mol. The molecule has 0 radical (unpaired) electrons. The largest absolute Gasteiger partial charge is 0.208 e. The molecule has 0 saturated carbocycles. The molecule has 236 valence electrons. The Hall–Kier alpha value is -6.71. The van der Waals surface area contributed by atoms with Crippen molar-refractivity contribution in [3.05, 3.63) is 198 Å². The van der Waals surface area contributed by atoms with E-state index in [-0.39, 0.29) is 5.41 Å². The summed E-state index contributed by atoms with van der Waals surface area (Å²) in [5.41, 5.74) is 12.9. The van der Waals surface area contributed by atoms with Gasteiger partial charge >= 0.3 is 0 Å². The fourth-order valence-corrected chi connectivity index (χ4v) is 8.83. The maximum atomic E-state index is 5.25. The van der Waals surface area contributed by atoms with Crippen molar-refractivity contribution >= 4 is 21.5 Å². The first kappa shape index (κ1) is 28.2. The van der Waals surface area contributed by atoms with E-state index in [1.165, 1.54) is 44.5 Å². The number of aromatic nitrogens is 3. The summed E-state index contributed by atoms with van der Waals surface area (Å²) in [6, 6.07) is 63.1. The molecule has 11 rings (SSSR count). The van der Waals surface area contributed by atoms with E-state index < -0.39 is 0 Å². The second-order valence-electron chi connectivity index (χ2n) is 13.5. The molecule has 9 aromatic rings. The van der Waals surface area contributed by atoms with Crippen LogP contribution < -0.4 is 0 Å². The van der Waals surface area contributed by atoms with Crippen LogP contribution in [-0.4, -0.2) is 15.0 Å². The summed E-state index contributed by atoms with van der Waals surface area (Å²) in [6.45, 7) is 0. The molecule has 3 nitrogen and oxygen atoms in total. The Bertz CT molecular complexity index is 2730. The molecule has 2 aliphatic rings. The highest BCUT2D eigenvalue weighted by atomic mass is 15.0. The van der Waals surface area contributed by atoms with Crippen LogP contribution in [0.4, 0.5) is 0 Å². The first-order chi connectivity index (χ1) is 25.3. The van der Waals surface area contributed by atoms with Gasteiger partial charge in [-0.15, -0.1) is 0 Å². The van der Waals surface area contributed by atoms with Crippen molar-refractivity contribution in [3.8, 4) is 56.4 Å². The third kappa shape index (κ3) is 3.92. The lowest BCUT2D eigenvalue weighted by Gasteiger charge is -2.30. The van der Waals surface area contributed by atoms with Crippen LogP contribution in [0.15, 0.2) is 176 Å². The van der Waals surface area contributed by atoms with Gasteiger partial charge in [0.15, 0.2) is 17.5 Å². The molecule has 51 heavy (non-hydrogen) atoms. The van der Waals surface area contributed by atoms with E-state index in [0.29, 0.717) is 17.5 Å². The Morgan fingerprint density at radius 2 is 0.686 bits per heavy atom. The Balaban J connectivity index is 1.17. The average Bonchev–Trinajstić information content (AvgIpc) is 3.67. The molecule has 0 fully saturated rings. The molecular weight excluding hydrogens is 619 g/mol. The Morgan fingerprint density at radius 3 is 1.24 bits per heavy atom. The minimum Gasteiger partial charge on any atom is -0.208 e. The van der Waals surface area contributed by atoms with Gasteiger partial charge in [-0.3, -0.25) is 0 Å². The third-order valence-electron chi connectivity index (χ3n) is 11.0. The topological polar surface area (TPSA) is 38.7 Å². The number of hydrogen-bond acceptors (Lipinski definition) is 3. The van der Waals surface area contributed by atoms with Gasteiger partial charge in [0.1, 0.15) is 0 Å². The number of fused-ring (bicyclic) bond motifs is 12. The van der Waals surface area contributed by atoms with E-state index in [9.17, 15) is 0 Å². The number of benzene rings is 8. The van der Waals surface area contributed by atoms with Crippen molar-refractivity contribution in [3.63, 3.8) is 0 Å². The third-order valence-corrected chi connectivity index (χ3v) is 11.0. The predicted molar refractivity (Wildman–Crippen MR) is 207 cm³/mol. The molecular formula is C48H29N3. The molecule has 3 heteroatoms. The number of hydrogen-bond donors (Lipinski definition) is 0. The molecule has 8 aromatic carbocycles. The maximum absolute atomic E-state index is 5.25. The van der Waals surface area contributed by atoms with E-state index in [4.69, 9.17) is 15.0 Å².